The van der Waals surface area contributed by atoms with E-state index in [4.69, 9.17) is 4.99 Å². The third kappa shape index (κ3) is 4.21. The first-order valence-corrected chi connectivity index (χ1v) is 10.0. The standard InChI is InChI=1S/C22H23F3N4O/c1-21(2,30)15-6-8-17(9-7-15)27-19-10-11-29-20(28-19)18(13-26-29)14-4-3-5-16(12-14)22(23,24)25/h3-5,10-12,15,17,30H,6-9H2,1-2H3/p+1. The molecule has 0 amide bonds. The van der Waals surface area contributed by atoms with Crippen molar-refractivity contribution in [3.63, 3.8) is 0 Å². The van der Waals surface area contributed by atoms with Crippen LogP contribution in [0.2, 0.25) is 0 Å². The number of aromatic amines is 1. The molecule has 5 nitrogen and oxygen atoms in total. The maximum absolute atomic E-state index is 13.1. The van der Waals surface area contributed by atoms with Gasteiger partial charge in [0.05, 0.1) is 23.4 Å². The zero-order valence-corrected chi connectivity index (χ0v) is 16.9. The number of H-pyrrole nitrogens is 1. The van der Waals surface area contributed by atoms with Gasteiger partial charge in [-0.05, 0) is 57.6 Å². The van der Waals surface area contributed by atoms with Crippen molar-refractivity contribution in [1.29, 1.82) is 0 Å². The molecule has 0 unspecified atom stereocenters. The molecule has 1 aliphatic carbocycles. The first-order valence-electron chi connectivity index (χ1n) is 10.0. The normalized spacial score (nSPS) is 21.1. The van der Waals surface area contributed by atoms with E-state index in [1.807, 2.05) is 13.8 Å². The van der Waals surface area contributed by atoms with Gasteiger partial charge in [0.1, 0.15) is 10.6 Å². The molecule has 2 aromatic heterocycles. The smallest absolute Gasteiger partial charge is 0.390 e. The largest absolute Gasteiger partial charge is 0.416 e. The Labute approximate surface area is 172 Å². The van der Waals surface area contributed by atoms with Gasteiger partial charge < -0.3 is 10.1 Å². The minimum Gasteiger partial charge on any atom is -0.390 e. The van der Waals surface area contributed by atoms with Gasteiger partial charge in [0, 0.05) is 16.1 Å². The van der Waals surface area contributed by atoms with E-state index >= 15 is 0 Å². The number of hydrogen-bond acceptors (Lipinski definition) is 2. The maximum Gasteiger partial charge on any atom is 0.416 e. The molecule has 1 aliphatic rings. The number of hydrogen-bond donors (Lipinski definition) is 2. The number of rotatable bonds is 3. The van der Waals surface area contributed by atoms with Gasteiger partial charge in [0.15, 0.2) is 5.56 Å². The Bertz CT molecular complexity index is 1100. The molecule has 30 heavy (non-hydrogen) atoms. The monoisotopic (exact) mass is 417 g/mol. The number of nitrogens with zero attached hydrogens (tertiary/aromatic N) is 3. The van der Waals surface area contributed by atoms with Crippen molar-refractivity contribution < 1.29 is 23.4 Å². The van der Waals surface area contributed by atoms with Crippen molar-refractivity contribution in [3.8, 4) is 11.1 Å². The van der Waals surface area contributed by atoms with Crippen LogP contribution in [0.15, 0.2) is 41.5 Å². The Balaban J connectivity index is 1.64. The van der Waals surface area contributed by atoms with Crippen LogP contribution in [0.1, 0.15) is 45.1 Å². The van der Waals surface area contributed by atoms with Gasteiger partial charge in [-0.15, -0.1) is 0 Å². The predicted molar refractivity (Wildman–Crippen MR) is 104 cm³/mol. The van der Waals surface area contributed by atoms with Gasteiger partial charge in [0.2, 0.25) is 5.65 Å². The molecule has 1 aromatic carbocycles. The lowest BCUT2D eigenvalue weighted by Crippen LogP contribution is -2.35. The number of halogens is 3. The van der Waals surface area contributed by atoms with Gasteiger partial charge in [0.25, 0.3) is 0 Å². The molecule has 1 fully saturated rings. The second-order valence-electron chi connectivity index (χ2n) is 8.47. The van der Waals surface area contributed by atoms with E-state index < -0.39 is 17.3 Å². The molecule has 4 rings (SSSR count). The molecule has 0 radical (unpaired) electrons. The van der Waals surface area contributed by atoms with Gasteiger partial charge in [-0.25, -0.2) is 0 Å². The average Bonchev–Trinajstić information content (AvgIpc) is 3.10. The molecule has 8 heteroatoms. The van der Waals surface area contributed by atoms with Crippen molar-refractivity contribution in [1.82, 2.24) is 9.50 Å². The lowest BCUT2D eigenvalue weighted by atomic mass is 9.77. The number of alkyl halides is 3. The molecule has 0 spiro atoms. The Morgan fingerprint density at radius 2 is 1.90 bits per heavy atom. The Morgan fingerprint density at radius 3 is 2.57 bits per heavy atom. The summed E-state index contributed by atoms with van der Waals surface area (Å²) in [5.41, 5.74) is 0.653. The van der Waals surface area contributed by atoms with Gasteiger partial charge in [-0.3, -0.25) is 4.99 Å². The third-order valence-corrected chi connectivity index (χ3v) is 5.85. The minimum absolute atomic E-state index is 0.145. The average molecular weight is 417 g/mol. The van der Waals surface area contributed by atoms with E-state index in [0.717, 1.165) is 37.8 Å². The van der Waals surface area contributed by atoms with Gasteiger partial charge >= 0.3 is 12.4 Å². The van der Waals surface area contributed by atoms with Crippen LogP contribution in [0.5, 0.6) is 0 Å². The first kappa shape index (κ1) is 20.5. The molecule has 0 saturated heterocycles. The lowest BCUT2D eigenvalue weighted by molar-refractivity contribution is -0.389. The number of benzene rings is 1. The van der Waals surface area contributed by atoms with Crippen LogP contribution in [0.4, 0.5) is 13.2 Å². The molecule has 0 bridgehead atoms. The second kappa shape index (κ2) is 7.47. The second-order valence-corrected chi connectivity index (χ2v) is 8.47. The van der Waals surface area contributed by atoms with E-state index in [2.05, 4.69) is 16.3 Å². The molecular weight excluding hydrogens is 393 g/mol. The van der Waals surface area contributed by atoms with Crippen molar-refractivity contribution >= 4 is 5.65 Å². The number of nitrogens with one attached hydrogen (secondary N) is 1. The van der Waals surface area contributed by atoms with Crippen LogP contribution in [-0.4, -0.2) is 26.2 Å². The fourth-order valence-electron chi connectivity index (χ4n) is 4.09. The summed E-state index contributed by atoms with van der Waals surface area (Å²) in [7, 11) is 0. The van der Waals surface area contributed by atoms with Gasteiger partial charge in [-0.2, -0.15) is 13.2 Å². The third-order valence-electron chi connectivity index (χ3n) is 5.85. The van der Waals surface area contributed by atoms with Crippen LogP contribution < -0.4 is 10.6 Å². The van der Waals surface area contributed by atoms with E-state index in [-0.39, 0.29) is 12.0 Å². The van der Waals surface area contributed by atoms with Crippen LogP contribution in [0.3, 0.4) is 0 Å². The topological polar surface area (TPSA) is 66.9 Å². The molecule has 0 atom stereocenters. The highest BCUT2D eigenvalue weighted by molar-refractivity contribution is 5.75. The summed E-state index contributed by atoms with van der Waals surface area (Å²) in [6.45, 7) is 3.70. The van der Waals surface area contributed by atoms with Crippen LogP contribution >= 0.6 is 0 Å². The highest BCUT2D eigenvalue weighted by Crippen LogP contribution is 2.34. The van der Waals surface area contributed by atoms with E-state index in [1.54, 1.807) is 22.8 Å². The highest BCUT2D eigenvalue weighted by atomic mass is 19.4. The number of aliphatic hydroxyl groups is 1. The maximum atomic E-state index is 13.1. The number of fused-ring (bicyclic) bond motifs is 1. The van der Waals surface area contributed by atoms with E-state index in [1.165, 1.54) is 6.07 Å². The molecule has 3 aromatic rings. The summed E-state index contributed by atoms with van der Waals surface area (Å²) in [5, 5.41) is 14.3. The molecule has 0 aliphatic heterocycles. The molecule has 158 valence electrons. The van der Waals surface area contributed by atoms with Crippen molar-refractivity contribution in [2.45, 2.75) is 57.3 Å². The summed E-state index contributed by atoms with van der Waals surface area (Å²) in [6.07, 6.45) is 3.72. The predicted octanol–water partition coefficient (Wildman–Crippen LogP) is 3.58. The van der Waals surface area contributed by atoms with Crippen molar-refractivity contribution in [2.24, 2.45) is 10.9 Å². The Kier molecular flexibility index (Phi) is 5.10. The zero-order chi connectivity index (χ0) is 21.5. The molecule has 1 saturated carbocycles. The summed E-state index contributed by atoms with van der Waals surface area (Å²) in [4.78, 5) is 7.98. The van der Waals surface area contributed by atoms with E-state index in [0.29, 0.717) is 22.3 Å². The Morgan fingerprint density at radius 1 is 1.17 bits per heavy atom. The fraction of sp³-hybridized carbons (Fsp3) is 0.455. The zero-order valence-electron chi connectivity index (χ0n) is 16.9. The fourth-order valence-corrected chi connectivity index (χ4v) is 4.09. The summed E-state index contributed by atoms with van der Waals surface area (Å²) in [5.74, 6) is 0.271. The van der Waals surface area contributed by atoms with Crippen LogP contribution in [-0.2, 0) is 6.18 Å². The summed E-state index contributed by atoms with van der Waals surface area (Å²) in [6, 6.07) is 7.08. The highest BCUT2D eigenvalue weighted by Gasteiger charge is 2.32. The molecule has 2 N–H and O–H groups in total. The quantitative estimate of drug-likeness (QED) is 0.684. The van der Waals surface area contributed by atoms with E-state index in [9.17, 15) is 18.3 Å². The SMILES string of the molecule is CC(C)(O)C1CCC(N=c2ccn3[n+]#cc(-c4cccc(C(F)(F)F)c4)c3[nH]2)CC1. The first-order chi connectivity index (χ1) is 14.1. The number of aromatic nitrogens is 3. The lowest BCUT2D eigenvalue weighted by Gasteiger charge is -2.34. The summed E-state index contributed by atoms with van der Waals surface area (Å²) < 4.78 is 40.8. The minimum atomic E-state index is -4.41. The van der Waals surface area contributed by atoms with Crippen LogP contribution in [0.25, 0.3) is 16.8 Å². The van der Waals surface area contributed by atoms with Crippen molar-refractivity contribution in [2.75, 3.05) is 0 Å². The van der Waals surface area contributed by atoms with Gasteiger partial charge in [-0.1, -0.05) is 12.1 Å². The molecule has 2 heterocycles. The van der Waals surface area contributed by atoms with Crippen molar-refractivity contribution in [3.05, 3.63) is 53.8 Å². The Hall–Kier alpha value is -2.79. The molecular formula is C22H24F3N4O+. The van der Waals surface area contributed by atoms with Crippen LogP contribution in [0, 0.1) is 12.1 Å². The summed E-state index contributed by atoms with van der Waals surface area (Å²) >= 11 is 0.